The van der Waals surface area contributed by atoms with Crippen LogP contribution in [0.4, 0.5) is 0 Å². The number of carboxylic acids is 1. The highest BCUT2D eigenvalue weighted by atomic mass is 16.4. The molecule has 1 aliphatic carbocycles. The summed E-state index contributed by atoms with van der Waals surface area (Å²) in [5.41, 5.74) is 11.1. The highest BCUT2D eigenvalue weighted by molar-refractivity contribution is 5.95. The summed E-state index contributed by atoms with van der Waals surface area (Å²) in [5.74, 6) is -0.940. The molecule has 0 aromatic heterocycles. The van der Waals surface area contributed by atoms with Crippen molar-refractivity contribution in [1.29, 1.82) is 0 Å². The monoisotopic (exact) mass is 567 g/mol. The first-order valence-corrected chi connectivity index (χ1v) is 14.6. The van der Waals surface area contributed by atoms with E-state index in [1.54, 1.807) is 36.2 Å². The Morgan fingerprint density at radius 2 is 1.57 bits per heavy atom. The Kier molecular flexibility index (Phi) is 8.83. The molecule has 0 spiro atoms. The number of Topliss-reactive ketones (excluding diaryl/α,β-unsaturated/α-hetero) is 1. The van der Waals surface area contributed by atoms with Crippen molar-refractivity contribution >= 4 is 23.6 Å². The summed E-state index contributed by atoms with van der Waals surface area (Å²) in [6.45, 7) is 1.07. The van der Waals surface area contributed by atoms with Crippen LogP contribution in [0, 0.1) is 11.8 Å². The van der Waals surface area contributed by atoms with Crippen LogP contribution >= 0.6 is 0 Å². The molecule has 1 aliphatic heterocycles. The molecule has 1 heterocycles. The van der Waals surface area contributed by atoms with Crippen molar-refractivity contribution in [3.05, 3.63) is 94.5 Å². The third kappa shape index (κ3) is 5.99. The lowest BCUT2D eigenvalue weighted by Crippen LogP contribution is -2.47. The number of fused-ring (bicyclic) bond motifs is 1. The van der Waals surface area contributed by atoms with Gasteiger partial charge in [0.1, 0.15) is 6.04 Å². The molecule has 0 saturated heterocycles. The van der Waals surface area contributed by atoms with Crippen LogP contribution in [0.5, 0.6) is 0 Å². The van der Waals surface area contributed by atoms with E-state index >= 15 is 0 Å². The maximum Gasteiger partial charge on any atom is 0.335 e. The second-order valence-corrected chi connectivity index (χ2v) is 11.3. The van der Waals surface area contributed by atoms with Crippen LogP contribution in [-0.2, 0) is 22.4 Å². The largest absolute Gasteiger partial charge is 0.478 e. The molecular formula is C34H37N3O5. The molecule has 1 saturated carbocycles. The maximum absolute atomic E-state index is 14.1. The lowest BCUT2D eigenvalue weighted by molar-refractivity contribution is -0.144. The standard InChI is InChI=1S/C34H37N3O5/c1-36-32(39)24-15-13-23(14-16-24)27-3-2-4-29-28(27)17-18-37(33(40)25-9-7-22(20-35)8-10-25)31(29)30(38)19-21-5-11-26(12-6-21)34(41)42/h2-6,11-16,22,25,31H,7-10,17-20,35H2,1H3,(H,36,39)(H,41,42). The van der Waals surface area contributed by atoms with E-state index in [9.17, 15) is 24.3 Å². The van der Waals surface area contributed by atoms with Gasteiger partial charge in [0.05, 0.1) is 5.56 Å². The lowest BCUT2D eigenvalue weighted by Gasteiger charge is -2.40. The molecule has 218 valence electrons. The van der Waals surface area contributed by atoms with Crippen LogP contribution in [0.2, 0.25) is 0 Å². The number of rotatable bonds is 8. The van der Waals surface area contributed by atoms with E-state index in [1.165, 1.54) is 12.1 Å². The smallest absolute Gasteiger partial charge is 0.335 e. The fraction of sp³-hybridized carbons (Fsp3) is 0.353. The molecule has 3 aromatic carbocycles. The van der Waals surface area contributed by atoms with E-state index in [1.807, 2.05) is 30.3 Å². The van der Waals surface area contributed by atoms with Gasteiger partial charge in [-0.25, -0.2) is 4.79 Å². The number of benzene rings is 3. The van der Waals surface area contributed by atoms with Crippen molar-refractivity contribution in [3.8, 4) is 11.1 Å². The fourth-order valence-corrected chi connectivity index (χ4v) is 6.41. The van der Waals surface area contributed by atoms with Crippen molar-refractivity contribution < 1.29 is 24.3 Å². The molecule has 0 bridgehead atoms. The minimum Gasteiger partial charge on any atom is -0.478 e. The number of nitrogens with zero attached hydrogens (tertiary/aromatic N) is 1. The maximum atomic E-state index is 14.1. The van der Waals surface area contributed by atoms with Gasteiger partial charge in [-0.2, -0.15) is 0 Å². The molecule has 8 nitrogen and oxygen atoms in total. The van der Waals surface area contributed by atoms with E-state index < -0.39 is 12.0 Å². The third-order valence-electron chi connectivity index (χ3n) is 8.80. The molecule has 3 aromatic rings. The number of amides is 2. The van der Waals surface area contributed by atoms with E-state index in [-0.39, 0.29) is 35.5 Å². The Hall–Kier alpha value is -4.30. The zero-order valence-corrected chi connectivity index (χ0v) is 23.8. The quantitative estimate of drug-likeness (QED) is 0.370. The second-order valence-electron chi connectivity index (χ2n) is 11.3. The minimum atomic E-state index is -1.02. The normalized spacial score (nSPS) is 20.0. The van der Waals surface area contributed by atoms with Crippen LogP contribution in [0.25, 0.3) is 11.1 Å². The van der Waals surface area contributed by atoms with Gasteiger partial charge < -0.3 is 21.1 Å². The highest BCUT2D eigenvalue weighted by Gasteiger charge is 2.39. The average molecular weight is 568 g/mol. The summed E-state index contributed by atoms with van der Waals surface area (Å²) in [6, 6.07) is 18.9. The molecule has 42 heavy (non-hydrogen) atoms. The predicted molar refractivity (Wildman–Crippen MR) is 160 cm³/mol. The Morgan fingerprint density at radius 3 is 2.19 bits per heavy atom. The number of hydrogen-bond donors (Lipinski definition) is 3. The van der Waals surface area contributed by atoms with E-state index in [4.69, 9.17) is 5.73 Å². The molecule has 5 rings (SSSR count). The summed E-state index contributed by atoms with van der Waals surface area (Å²) in [7, 11) is 1.60. The summed E-state index contributed by atoms with van der Waals surface area (Å²) in [6.07, 6.45) is 4.09. The summed E-state index contributed by atoms with van der Waals surface area (Å²) in [4.78, 5) is 53.2. The average Bonchev–Trinajstić information content (AvgIpc) is 3.03. The third-order valence-corrected chi connectivity index (χ3v) is 8.80. The van der Waals surface area contributed by atoms with Gasteiger partial charge in [0.15, 0.2) is 5.78 Å². The Labute approximate surface area is 245 Å². The summed E-state index contributed by atoms with van der Waals surface area (Å²) < 4.78 is 0. The van der Waals surface area contributed by atoms with E-state index in [0.717, 1.165) is 47.9 Å². The van der Waals surface area contributed by atoms with Crippen molar-refractivity contribution in [3.63, 3.8) is 0 Å². The summed E-state index contributed by atoms with van der Waals surface area (Å²) in [5, 5.41) is 11.9. The number of carbonyl (C=O) groups is 4. The molecule has 0 radical (unpaired) electrons. The zero-order chi connectivity index (χ0) is 29.8. The molecule has 2 aliphatic rings. The lowest BCUT2D eigenvalue weighted by atomic mass is 9.79. The van der Waals surface area contributed by atoms with Crippen molar-refractivity contribution in [1.82, 2.24) is 10.2 Å². The van der Waals surface area contributed by atoms with Gasteiger partial charge in [0, 0.05) is 31.5 Å². The van der Waals surface area contributed by atoms with Crippen LogP contribution in [0.3, 0.4) is 0 Å². The van der Waals surface area contributed by atoms with Crippen molar-refractivity contribution in [2.45, 2.75) is 44.6 Å². The first-order valence-electron chi connectivity index (χ1n) is 14.6. The zero-order valence-electron chi connectivity index (χ0n) is 23.8. The van der Waals surface area contributed by atoms with Gasteiger partial charge in [-0.3, -0.25) is 14.4 Å². The Morgan fingerprint density at radius 1 is 0.905 bits per heavy atom. The topological polar surface area (TPSA) is 130 Å². The molecular weight excluding hydrogens is 530 g/mol. The fourth-order valence-electron chi connectivity index (χ4n) is 6.41. The molecule has 8 heteroatoms. The van der Waals surface area contributed by atoms with Crippen LogP contribution < -0.4 is 11.1 Å². The number of nitrogens with two attached hydrogens (primary N) is 1. The number of hydrogen-bond acceptors (Lipinski definition) is 5. The van der Waals surface area contributed by atoms with Crippen LogP contribution in [0.15, 0.2) is 66.7 Å². The van der Waals surface area contributed by atoms with Crippen LogP contribution in [-0.4, -0.2) is 53.7 Å². The second kappa shape index (κ2) is 12.7. The van der Waals surface area contributed by atoms with Gasteiger partial charge in [0.2, 0.25) is 5.91 Å². The van der Waals surface area contributed by atoms with Gasteiger partial charge in [0.25, 0.3) is 5.91 Å². The SMILES string of the molecule is CNC(=O)c1ccc(-c2cccc3c2CCN(C(=O)C2CCC(CN)CC2)C3C(=O)Cc2ccc(C(=O)O)cc2)cc1. The Balaban J connectivity index is 1.49. The predicted octanol–water partition coefficient (Wildman–Crippen LogP) is 4.41. The molecule has 1 atom stereocenters. The van der Waals surface area contributed by atoms with Gasteiger partial charge in [-0.05, 0) is 96.6 Å². The summed E-state index contributed by atoms with van der Waals surface area (Å²) >= 11 is 0. The highest BCUT2D eigenvalue weighted by Crippen LogP contribution is 2.39. The van der Waals surface area contributed by atoms with Crippen molar-refractivity contribution in [2.24, 2.45) is 17.6 Å². The van der Waals surface area contributed by atoms with Crippen LogP contribution in [0.1, 0.15) is 69.1 Å². The van der Waals surface area contributed by atoms with Crippen molar-refractivity contribution in [2.75, 3.05) is 20.1 Å². The number of carbonyl (C=O) groups excluding carboxylic acids is 3. The molecule has 1 unspecified atom stereocenters. The molecule has 1 fully saturated rings. The van der Waals surface area contributed by atoms with E-state index in [2.05, 4.69) is 5.32 Å². The number of ketones is 1. The van der Waals surface area contributed by atoms with Gasteiger partial charge in [-0.15, -0.1) is 0 Å². The first kappa shape index (κ1) is 29.2. The number of carboxylic acid groups (broad SMARTS) is 1. The van der Waals surface area contributed by atoms with Gasteiger partial charge in [-0.1, -0.05) is 42.5 Å². The van der Waals surface area contributed by atoms with Gasteiger partial charge >= 0.3 is 5.97 Å². The number of aromatic carboxylic acids is 1. The van der Waals surface area contributed by atoms with E-state index in [0.29, 0.717) is 36.6 Å². The first-order chi connectivity index (χ1) is 20.3. The molecule has 4 N–H and O–H groups in total. The number of nitrogens with one attached hydrogen (secondary N) is 1. The Bertz CT molecular complexity index is 1470. The molecule has 2 amide bonds. The minimum absolute atomic E-state index is 0.0241.